The van der Waals surface area contributed by atoms with Crippen molar-refractivity contribution in [3.05, 3.63) is 83.9 Å². The Labute approximate surface area is 215 Å². The zero-order chi connectivity index (χ0) is 26.4. The van der Waals surface area contributed by atoms with Crippen LogP contribution in [0, 0.1) is 5.92 Å². The van der Waals surface area contributed by atoms with E-state index in [-0.39, 0.29) is 30.7 Å². The van der Waals surface area contributed by atoms with E-state index >= 15 is 4.39 Å². The van der Waals surface area contributed by atoms with Crippen LogP contribution in [-0.2, 0) is 14.2 Å². The van der Waals surface area contributed by atoms with Crippen molar-refractivity contribution in [1.82, 2.24) is 9.80 Å². The monoisotopic (exact) mass is 510 g/mol. The highest BCUT2D eigenvalue weighted by Gasteiger charge is 2.52. The highest BCUT2D eigenvalue weighted by atomic mass is 19.1. The number of carbonyl (C=O) groups excluding carboxylic acids is 3. The lowest BCUT2D eigenvalue weighted by atomic mass is 10.1. The molecule has 0 aromatic heterocycles. The van der Waals surface area contributed by atoms with Crippen molar-refractivity contribution in [3.63, 3.8) is 0 Å². The van der Waals surface area contributed by atoms with Gasteiger partial charge in [-0.3, -0.25) is 4.90 Å². The van der Waals surface area contributed by atoms with E-state index in [1.54, 1.807) is 71.6 Å². The molecule has 2 aromatic carbocycles. The third-order valence-corrected chi connectivity index (χ3v) is 6.11. The highest BCUT2D eigenvalue weighted by molar-refractivity contribution is 5.90. The first kappa shape index (κ1) is 26.3. The Kier molecular flexibility index (Phi) is 8.55. The van der Waals surface area contributed by atoms with Crippen molar-refractivity contribution < 1.29 is 33.0 Å². The van der Waals surface area contributed by atoms with Gasteiger partial charge in [-0.25, -0.2) is 18.8 Å². The Bertz CT molecular complexity index is 1110. The van der Waals surface area contributed by atoms with E-state index in [9.17, 15) is 14.4 Å². The second-order valence-electron chi connectivity index (χ2n) is 9.42. The van der Waals surface area contributed by atoms with Crippen molar-refractivity contribution in [2.45, 2.75) is 38.5 Å². The van der Waals surface area contributed by atoms with Crippen LogP contribution in [0.3, 0.4) is 0 Å². The summed E-state index contributed by atoms with van der Waals surface area (Å²) in [6.45, 7) is 4.66. The van der Waals surface area contributed by atoms with Crippen molar-refractivity contribution in [2.24, 2.45) is 5.92 Å². The van der Waals surface area contributed by atoms with Gasteiger partial charge >= 0.3 is 18.0 Å². The molecule has 9 heteroatoms. The number of hydrogen-bond donors (Lipinski definition) is 0. The van der Waals surface area contributed by atoms with Gasteiger partial charge in [-0.05, 0) is 30.2 Å². The number of benzene rings is 2. The van der Waals surface area contributed by atoms with E-state index in [4.69, 9.17) is 14.2 Å². The summed E-state index contributed by atoms with van der Waals surface area (Å²) in [4.78, 5) is 41.5. The smallest absolute Gasteiger partial charge is 0.338 e. The van der Waals surface area contributed by atoms with Crippen molar-refractivity contribution in [1.29, 1.82) is 0 Å². The minimum absolute atomic E-state index is 0.133. The van der Waals surface area contributed by atoms with Crippen LogP contribution in [0.25, 0.3) is 0 Å². The highest BCUT2D eigenvalue weighted by Crippen LogP contribution is 2.31. The molecule has 2 aliphatic rings. The molecule has 37 heavy (non-hydrogen) atoms. The third kappa shape index (κ3) is 6.35. The lowest BCUT2D eigenvalue weighted by molar-refractivity contribution is -0.0758. The van der Waals surface area contributed by atoms with E-state index in [0.717, 1.165) is 0 Å². The summed E-state index contributed by atoms with van der Waals surface area (Å²) in [6, 6.07) is 16.2. The topological polar surface area (TPSA) is 85.4 Å². The van der Waals surface area contributed by atoms with Crippen LogP contribution in [0.2, 0.25) is 0 Å². The average molecular weight is 511 g/mol. The molecule has 1 saturated heterocycles. The molecule has 4 unspecified atom stereocenters. The predicted molar refractivity (Wildman–Crippen MR) is 134 cm³/mol. The Morgan fingerprint density at radius 2 is 1.57 bits per heavy atom. The second-order valence-corrected chi connectivity index (χ2v) is 9.42. The molecule has 196 valence electrons. The fourth-order valence-electron chi connectivity index (χ4n) is 4.33. The van der Waals surface area contributed by atoms with E-state index < -0.39 is 36.5 Å². The molecule has 0 aliphatic carbocycles. The molecule has 2 heterocycles. The molecular formula is C28H31FN2O6. The van der Waals surface area contributed by atoms with E-state index in [1.165, 1.54) is 4.90 Å². The molecule has 2 aromatic rings. The summed E-state index contributed by atoms with van der Waals surface area (Å²) < 4.78 is 32.8. The Morgan fingerprint density at radius 3 is 2.19 bits per heavy atom. The standard InChI is InChI=1S/C28H31FN2O6/c1-19(2)17-30-15-9-10-16-31(28(30)34)25-23(29)24(37-27(33)21-13-7-4-8-14-21)22(36-25)18-35-26(32)20-11-5-3-6-12-20/h3-14,19,22-25H,15-18H2,1-2H3. The first-order chi connectivity index (χ1) is 17.8. The van der Waals surface area contributed by atoms with Gasteiger partial charge < -0.3 is 19.1 Å². The molecule has 2 amide bonds. The molecule has 4 atom stereocenters. The summed E-state index contributed by atoms with van der Waals surface area (Å²) in [5.74, 6) is -1.14. The van der Waals surface area contributed by atoms with Crippen LogP contribution >= 0.6 is 0 Å². The quantitative estimate of drug-likeness (QED) is 0.393. The molecule has 0 N–H and O–H groups in total. The molecule has 4 rings (SSSR count). The zero-order valence-electron chi connectivity index (χ0n) is 20.9. The molecule has 0 saturated carbocycles. The fraction of sp³-hybridized carbons (Fsp3) is 0.393. The van der Waals surface area contributed by atoms with Gasteiger partial charge in [0, 0.05) is 19.6 Å². The molecular weight excluding hydrogens is 479 g/mol. The summed E-state index contributed by atoms with van der Waals surface area (Å²) >= 11 is 0. The van der Waals surface area contributed by atoms with E-state index in [0.29, 0.717) is 18.7 Å². The number of hydrogen-bond acceptors (Lipinski definition) is 6. The maximum absolute atomic E-state index is 15.9. The molecule has 0 radical (unpaired) electrons. The normalized spacial score (nSPS) is 23.7. The van der Waals surface area contributed by atoms with Crippen molar-refractivity contribution in [3.8, 4) is 0 Å². The van der Waals surface area contributed by atoms with Gasteiger partial charge in [0.25, 0.3) is 0 Å². The summed E-state index contributed by atoms with van der Waals surface area (Å²) in [5, 5.41) is 0. The molecule has 1 fully saturated rings. The molecule has 0 spiro atoms. The number of alkyl halides is 1. The van der Waals surface area contributed by atoms with Gasteiger partial charge in [0.05, 0.1) is 11.1 Å². The van der Waals surface area contributed by atoms with Gasteiger partial charge in [0.15, 0.2) is 18.5 Å². The van der Waals surface area contributed by atoms with Crippen LogP contribution in [0.1, 0.15) is 34.6 Å². The summed E-state index contributed by atoms with van der Waals surface area (Å²) in [6.07, 6.45) is -2.04. The van der Waals surface area contributed by atoms with Gasteiger partial charge in [0.2, 0.25) is 0 Å². The molecule has 0 bridgehead atoms. The maximum atomic E-state index is 15.9. The van der Waals surface area contributed by atoms with Crippen LogP contribution in [0.15, 0.2) is 72.8 Å². The third-order valence-electron chi connectivity index (χ3n) is 6.11. The second kappa shape index (κ2) is 12.0. The summed E-state index contributed by atoms with van der Waals surface area (Å²) in [7, 11) is 0. The largest absolute Gasteiger partial charge is 0.459 e. The minimum atomic E-state index is -1.86. The summed E-state index contributed by atoms with van der Waals surface area (Å²) in [5.41, 5.74) is 0.568. The van der Waals surface area contributed by atoms with Crippen LogP contribution in [0.5, 0.6) is 0 Å². The Balaban J connectivity index is 1.54. The minimum Gasteiger partial charge on any atom is -0.459 e. The number of ether oxygens (including phenoxy) is 3. The number of halogens is 1. The molecule has 8 nitrogen and oxygen atoms in total. The SMILES string of the molecule is CC(C)CN1CC=CCN(C2OC(COC(=O)c3ccccc3)C(OC(=O)c3ccccc3)C2F)C1=O. The van der Waals surface area contributed by atoms with Crippen molar-refractivity contribution >= 4 is 18.0 Å². The van der Waals surface area contributed by atoms with E-state index in [1.807, 2.05) is 19.9 Å². The van der Waals surface area contributed by atoms with Crippen LogP contribution in [-0.4, -0.2) is 78.6 Å². The van der Waals surface area contributed by atoms with Gasteiger partial charge in [-0.2, -0.15) is 0 Å². The Morgan fingerprint density at radius 1 is 0.973 bits per heavy atom. The fourth-order valence-corrected chi connectivity index (χ4v) is 4.33. The average Bonchev–Trinajstić information content (AvgIpc) is 3.09. The first-order valence-corrected chi connectivity index (χ1v) is 12.3. The Hall–Kier alpha value is -3.72. The maximum Gasteiger partial charge on any atom is 0.338 e. The number of rotatable bonds is 8. The first-order valence-electron chi connectivity index (χ1n) is 12.3. The lowest BCUT2D eigenvalue weighted by Crippen LogP contribution is -2.51. The van der Waals surface area contributed by atoms with Crippen molar-refractivity contribution in [2.75, 3.05) is 26.2 Å². The number of amides is 2. The van der Waals surface area contributed by atoms with Crippen LogP contribution < -0.4 is 0 Å². The number of urea groups is 1. The molecule has 2 aliphatic heterocycles. The van der Waals surface area contributed by atoms with Crippen LogP contribution in [0.4, 0.5) is 9.18 Å². The number of carbonyl (C=O) groups is 3. The van der Waals surface area contributed by atoms with E-state index in [2.05, 4.69) is 0 Å². The van der Waals surface area contributed by atoms with Gasteiger partial charge in [0.1, 0.15) is 12.7 Å². The number of esters is 2. The van der Waals surface area contributed by atoms with Gasteiger partial charge in [-0.15, -0.1) is 0 Å². The lowest BCUT2D eigenvalue weighted by Gasteiger charge is -2.33. The van der Waals surface area contributed by atoms with Gasteiger partial charge in [-0.1, -0.05) is 62.4 Å². The number of nitrogens with zero attached hydrogens (tertiary/aromatic N) is 2. The predicted octanol–water partition coefficient (Wildman–Crippen LogP) is 4.08. The zero-order valence-corrected chi connectivity index (χ0v) is 20.9.